The summed E-state index contributed by atoms with van der Waals surface area (Å²) in [5.74, 6) is 0.956. The quantitative estimate of drug-likeness (QED) is 0.758. The fourth-order valence-corrected chi connectivity index (χ4v) is 2.41. The van der Waals surface area contributed by atoms with Gasteiger partial charge < -0.3 is 14.6 Å². The molecular weight excluding hydrogens is 262 g/mol. The Bertz CT molecular complexity index is 563. The molecule has 1 aromatic carbocycles. The van der Waals surface area contributed by atoms with Crippen LogP contribution in [0.2, 0.25) is 0 Å². The minimum Gasteiger partial charge on any atom is -0.385 e. The highest BCUT2D eigenvalue weighted by atomic mass is 16.5. The lowest BCUT2D eigenvalue weighted by Crippen LogP contribution is -2.11. The summed E-state index contributed by atoms with van der Waals surface area (Å²) in [6, 6.07) is 8.55. The molecule has 0 saturated heterocycles. The molecule has 0 atom stereocenters. The van der Waals surface area contributed by atoms with Crippen LogP contribution >= 0.6 is 0 Å². The predicted molar refractivity (Wildman–Crippen MR) is 86.8 cm³/mol. The fraction of sp³-hybridized carbons (Fsp3) is 0.471. The van der Waals surface area contributed by atoms with Crippen LogP contribution in [0.15, 0.2) is 30.5 Å². The number of aryl methyl sites for hydroxylation is 4. The summed E-state index contributed by atoms with van der Waals surface area (Å²) in [6.45, 7) is 6.80. The summed E-state index contributed by atoms with van der Waals surface area (Å²) >= 11 is 0. The number of rotatable bonds is 8. The third kappa shape index (κ3) is 4.60. The molecule has 4 nitrogen and oxygen atoms in total. The van der Waals surface area contributed by atoms with E-state index in [4.69, 9.17) is 4.74 Å². The van der Waals surface area contributed by atoms with Crippen LogP contribution < -0.4 is 5.32 Å². The SMILES string of the molecule is COCCCNc1nc(C)cn1CCc1ccccc1C. The smallest absolute Gasteiger partial charge is 0.203 e. The molecule has 1 N–H and O–H groups in total. The van der Waals surface area contributed by atoms with Crippen molar-refractivity contribution in [2.75, 3.05) is 25.6 Å². The van der Waals surface area contributed by atoms with E-state index in [9.17, 15) is 0 Å². The van der Waals surface area contributed by atoms with Gasteiger partial charge in [0.05, 0.1) is 5.69 Å². The average molecular weight is 287 g/mol. The van der Waals surface area contributed by atoms with Crippen LogP contribution in [0.4, 0.5) is 5.95 Å². The second-order valence-electron chi connectivity index (χ2n) is 5.35. The maximum atomic E-state index is 5.07. The van der Waals surface area contributed by atoms with E-state index in [0.717, 1.165) is 44.2 Å². The molecule has 0 radical (unpaired) electrons. The Morgan fingerprint density at radius 1 is 1.24 bits per heavy atom. The van der Waals surface area contributed by atoms with Gasteiger partial charge in [-0.05, 0) is 37.8 Å². The first-order valence-corrected chi connectivity index (χ1v) is 7.52. The molecule has 1 heterocycles. The summed E-state index contributed by atoms with van der Waals surface area (Å²) < 4.78 is 7.27. The van der Waals surface area contributed by atoms with Gasteiger partial charge in [-0.15, -0.1) is 0 Å². The van der Waals surface area contributed by atoms with Crippen LogP contribution in [0, 0.1) is 13.8 Å². The first-order chi connectivity index (χ1) is 10.2. The summed E-state index contributed by atoms with van der Waals surface area (Å²) in [5.41, 5.74) is 3.80. The molecular formula is C17H25N3O. The molecule has 0 fully saturated rings. The van der Waals surface area contributed by atoms with Crippen molar-refractivity contribution in [1.29, 1.82) is 0 Å². The van der Waals surface area contributed by atoms with Crippen molar-refractivity contribution in [3.63, 3.8) is 0 Å². The van der Waals surface area contributed by atoms with E-state index in [1.165, 1.54) is 11.1 Å². The summed E-state index contributed by atoms with van der Waals surface area (Å²) in [6.07, 6.45) is 4.12. The number of methoxy groups -OCH3 is 1. The Morgan fingerprint density at radius 2 is 2.05 bits per heavy atom. The van der Waals surface area contributed by atoms with Gasteiger partial charge in [-0.2, -0.15) is 0 Å². The zero-order chi connectivity index (χ0) is 15.1. The van der Waals surface area contributed by atoms with Gasteiger partial charge in [0.25, 0.3) is 0 Å². The largest absolute Gasteiger partial charge is 0.385 e. The Morgan fingerprint density at radius 3 is 2.81 bits per heavy atom. The molecule has 21 heavy (non-hydrogen) atoms. The van der Waals surface area contributed by atoms with Crippen molar-refractivity contribution < 1.29 is 4.74 Å². The van der Waals surface area contributed by atoms with Crippen molar-refractivity contribution in [1.82, 2.24) is 9.55 Å². The molecule has 114 valence electrons. The minimum absolute atomic E-state index is 0.774. The second kappa shape index (κ2) is 7.84. The van der Waals surface area contributed by atoms with Crippen molar-refractivity contribution in [3.8, 4) is 0 Å². The molecule has 2 aromatic rings. The van der Waals surface area contributed by atoms with Crippen LogP contribution in [-0.4, -0.2) is 29.8 Å². The molecule has 0 aliphatic rings. The third-order valence-electron chi connectivity index (χ3n) is 3.59. The third-order valence-corrected chi connectivity index (χ3v) is 3.59. The number of hydrogen-bond acceptors (Lipinski definition) is 3. The lowest BCUT2D eigenvalue weighted by molar-refractivity contribution is 0.197. The second-order valence-corrected chi connectivity index (χ2v) is 5.35. The normalized spacial score (nSPS) is 10.8. The first kappa shape index (κ1) is 15.6. The van der Waals surface area contributed by atoms with E-state index < -0.39 is 0 Å². The molecule has 0 saturated carbocycles. The zero-order valence-electron chi connectivity index (χ0n) is 13.2. The molecule has 0 aliphatic carbocycles. The fourth-order valence-electron chi connectivity index (χ4n) is 2.41. The summed E-state index contributed by atoms with van der Waals surface area (Å²) in [4.78, 5) is 4.55. The van der Waals surface area contributed by atoms with Gasteiger partial charge in [-0.1, -0.05) is 24.3 Å². The van der Waals surface area contributed by atoms with E-state index >= 15 is 0 Å². The first-order valence-electron chi connectivity index (χ1n) is 7.52. The maximum Gasteiger partial charge on any atom is 0.203 e. The Kier molecular flexibility index (Phi) is 5.81. The number of benzene rings is 1. The van der Waals surface area contributed by atoms with Crippen LogP contribution in [0.25, 0.3) is 0 Å². The van der Waals surface area contributed by atoms with Gasteiger partial charge in [0.15, 0.2) is 0 Å². The van der Waals surface area contributed by atoms with Crippen molar-refractivity contribution in [2.45, 2.75) is 33.2 Å². The average Bonchev–Trinajstić information content (AvgIpc) is 2.83. The highest BCUT2D eigenvalue weighted by Gasteiger charge is 2.06. The molecule has 1 aromatic heterocycles. The Hall–Kier alpha value is -1.81. The number of hydrogen-bond donors (Lipinski definition) is 1. The van der Waals surface area contributed by atoms with E-state index in [1.807, 2.05) is 6.92 Å². The van der Waals surface area contributed by atoms with Crippen molar-refractivity contribution in [3.05, 3.63) is 47.3 Å². The highest BCUT2D eigenvalue weighted by Crippen LogP contribution is 2.13. The molecule has 2 rings (SSSR count). The number of nitrogens with zero attached hydrogens (tertiary/aromatic N) is 2. The molecule has 4 heteroatoms. The van der Waals surface area contributed by atoms with Crippen LogP contribution in [-0.2, 0) is 17.7 Å². The standard InChI is InChI=1S/C17H25N3O/c1-14-7-4-5-8-16(14)9-11-20-13-15(2)19-17(20)18-10-6-12-21-3/h4-5,7-8,13H,6,9-12H2,1-3H3,(H,18,19). The van der Waals surface area contributed by atoms with Gasteiger partial charge in [0.2, 0.25) is 5.95 Å². The molecule has 0 amide bonds. The van der Waals surface area contributed by atoms with E-state index in [0.29, 0.717) is 0 Å². The lowest BCUT2D eigenvalue weighted by Gasteiger charge is -2.11. The van der Waals surface area contributed by atoms with E-state index in [-0.39, 0.29) is 0 Å². The van der Waals surface area contributed by atoms with Gasteiger partial charge in [0, 0.05) is 33.0 Å². The molecule has 0 unspecified atom stereocenters. The number of nitrogens with one attached hydrogen (secondary N) is 1. The van der Waals surface area contributed by atoms with Crippen LogP contribution in [0.5, 0.6) is 0 Å². The van der Waals surface area contributed by atoms with Gasteiger partial charge in [-0.25, -0.2) is 4.98 Å². The maximum absolute atomic E-state index is 5.07. The summed E-state index contributed by atoms with van der Waals surface area (Å²) in [7, 11) is 1.73. The molecule has 0 bridgehead atoms. The van der Waals surface area contributed by atoms with Gasteiger partial charge in [0.1, 0.15) is 0 Å². The van der Waals surface area contributed by atoms with Crippen molar-refractivity contribution in [2.24, 2.45) is 0 Å². The molecule has 0 spiro atoms. The Balaban J connectivity index is 1.95. The topological polar surface area (TPSA) is 39.1 Å². The van der Waals surface area contributed by atoms with E-state index in [1.54, 1.807) is 7.11 Å². The lowest BCUT2D eigenvalue weighted by atomic mass is 10.1. The minimum atomic E-state index is 0.774. The number of anilines is 1. The zero-order valence-corrected chi connectivity index (χ0v) is 13.2. The number of aromatic nitrogens is 2. The predicted octanol–water partition coefficient (Wildman–Crippen LogP) is 3.19. The van der Waals surface area contributed by atoms with Crippen molar-refractivity contribution >= 4 is 5.95 Å². The summed E-state index contributed by atoms with van der Waals surface area (Å²) in [5, 5.41) is 3.39. The van der Waals surface area contributed by atoms with E-state index in [2.05, 4.69) is 52.3 Å². The van der Waals surface area contributed by atoms with Gasteiger partial charge in [-0.3, -0.25) is 0 Å². The van der Waals surface area contributed by atoms with Crippen LogP contribution in [0.1, 0.15) is 23.2 Å². The van der Waals surface area contributed by atoms with Gasteiger partial charge >= 0.3 is 0 Å². The number of ether oxygens (including phenoxy) is 1. The molecule has 0 aliphatic heterocycles. The number of imidazole rings is 1. The van der Waals surface area contributed by atoms with Crippen LogP contribution in [0.3, 0.4) is 0 Å². The monoisotopic (exact) mass is 287 g/mol. The Labute approximate surface area is 127 Å². The highest BCUT2D eigenvalue weighted by molar-refractivity contribution is 5.30.